The number of carbonyl (C=O) groups excluding carboxylic acids is 1. The van der Waals surface area contributed by atoms with E-state index in [2.05, 4.69) is 5.32 Å². The van der Waals surface area contributed by atoms with Crippen molar-refractivity contribution in [2.24, 2.45) is 0 Å². The Morgan fingerprint density at radius 2 is 1.90 bits per heavy atom. The van der Waals surface area contributed by atoms with Crippen molar-refractivity contribution < 1.29 is 22.7 Å². The van der Waals surface area contributed by atoms with E-state index in [9.17, 15) is 13.2 Å². The summed E-state index contributed by atoms with van der Waals surface area (Å²) in [6, 6.07) is 11.4. The van der Waals surface area contributed by atoms with E-state index in [0.717, 1.165) is 28.3 Å². The molecule has 31 heavy (non-hydrogen) atoms. The number of methoxy groups -OCH3 is 1. The predicted octanol–water partition coefficient (Wildman–Crippen LogP) is 3.65. The first-order valence-electron chi connectivity index (χ1n) is 10.00. The molecule has 0 aliphatic carbocycles. The van der Waals surface area contributed by atoms with Crippen LogP contribution in [0.1, 0.15) is 25.8 Å². The third-order valence-electron chi connectivity index (χ3n) is 4.66. The van der Waals surface area contributed by atoms with Gasteiger partial charge in [0.25, 0.3) is 0 Å². The van der Waals surface area contributed by atoms with Crippen LogP contribution in [0, 0.1) is 0 Å². The van der Waals surface area contributed by atoms with Crippen molar-refractivity contribution in [2.75, 3.05) is 30.8 Å². The van der Waals surface area contributed by atoms with Gasteiger partial charge in [-0.2, -0.15) is 0 Å². The number of ether oxygens (including phenoxy) is 2. The van der Waals surface area contributed by atoms with Crippen LogP contribution in [0.3, 0.4) is 0 Å². The predicted molar refractivity (Wildman–Crippen MR) is 124 cm³/mol. The van der Waals surface area contributed by atoms with Crippen LogP contribution in [0.5, 0.6) is 11.5 Å². The highest BCUT2D eigenvalue weighted by molar-refractivity contribution is 7.92. The van der Waals surface area contributed by atoms with Gasteiger partial charge in [-0.05, 0) is 56.5 Å². The summed E-state index contributed by atoms with van der Waals surface area (Å²) in [7, 11) is -2.35. The average Bonchev–Trinajstić information content (AvgIpc) is 2.71. The Kier molecular flexibility index (Phi) is 9.00. The zero-order valence-corrected chi connectivity index (χ0v) is 19.8. The summed E-state index contributed by atoms with van der Waals surface area (Å²) in [6.07, 6.45) is 2.45. The van der Waals surface area contributed by atoms with E-state index in [-0.39, 0.29) is 5.69 Å². The van der Waals surface area contributed by atoms with Crippen molar-refractivity contribution in [3.05, 3.63) is 53.1 Å². The second-order valence-electron chi connectivity index (χ2n) is 6.99. The van der Waals surface area contributed by atoms with Gasteiger partial charge in [-0.3, -0.25) is 9.10 Å². The van der Waals surface area contributed by atoms with Crippen LogP contribution in [0.4, 0.5) is 5.69 Å². The van der Waals surface area contributed by atoms with Crippen molar-refractivity contribution in [1.82, 2.24) is 5.32 Å². The fourth-order valence-corrected chi connectivity index (χ4v) is 4.60. The first-order chi connectivity index (χ1) is 14.7. The van der Waals surface area contributed by atoms with E-state index in [1.54, 1.807) is 12.1 Å². The minimum absolute atomic E-state index is 0.214. The molecule has 0 aromatic heterocycles. The molecule has 0 spiro atoms. The molecule has 0 bridgehead atoms. The minimum atomic E-state index is -3.78. The first kappa shape index (κ1) is 24.8. The summed E-state index contributed by atoms with van der Waals surface area (Å²) in [5.41, 5.74) is 1.28. The van der Waals surface area contributed by atoms with E-state index in [0.29, 0.717) is 30.3 Å². The number of para-hydroxylation sites is 1. The Hall–Kier alpha value is -2.45. The van der Waals surface area contributed by atoms with Crippen molar-refractivity contribution in [3.63, 3.8) is 0 Å². The van der Waals surface area contributed by atoms with E-state index in [1.807, 2.05) is 31.2 Å². The zero-order chi connectivity index (χ0) is 23.0. The number of aryl methyl sites for hydroxylation is 1. The van der Waals surface area contributed by atoms with Gasteiger partial charge < -0.3 is 14.8 Å². The number of sulfonamides is 1. The highest BCUT2D eigenvalue weighted by Gasteiger charge is 2.31. The SMILES string of the molecule is CCOc1ccccc1CCCNC(=O)C(C)N(c1cc(Cl)ccc1OC)S(C)(=O)=O. The molecule has 0 fully saturated rings. The molecule has 1 amide bonds. The van der Waals surface area contributed by atoms with Crippen molar-refractivity contribution in [2.45, 2.75) is 32.7 Å². The molecule has 0 aliphatic heterocycles. The summed E-state index contributed by atoms with van der Waals surface area (Å²) in [4.78, 5) is 12.8. The third kappa shape index (κ3) is 6.77. The van der Waals surface area contributed by atoms with Crippen LogP contribution in [0.15, 0.2) is 42.5 Å². The normalized spacial score (nSPS) is 12.2. The molecule has 1 atom stereocenters. The lowest BCUT2D eigenvalue weighted by atomic mass is 10.1. The molecular weight excluding hydrogens is 440 g/mol. The maximum Gasteiger partial charge on any atom is 0.243 e. The van der Waals surface area contributed by atoms with Crippen LogP contribution in [0.25, 0.3) is 0 Å². The summed E-state index contributed by atoms with van der Waals surface area (Å²) >= 11 is 6.06. The number of nitrogens with one attached hydrogen (secondary N) is 1. The molecule has 170 valence electrons. The number of hydrogen-bond acceptors (Lipinski definition) is 5. The third-order valence-corrected chi connectivity index (χ3v) is 6.12. The van der Waals surface area contributed by atoms with E-state index in [1.165, 1.54) is 20.1 Å². The summed E-state index contributed by atoms with van der Waals surface area (Å²) in [6.45, 7) is 4.44. The molecule has 0 heterocycles. The minimum Gasteiger partial charge on any atom is -0.495 e. The average molecular weight is 469 g/mol. The standard InChI is InChI=1S/C22H29ClN2O5S/c1-5-30-20-11-7-6-9-17(20)10-8-14-24-22(26)16(2)25(31(4,27)28)19-15-18(23)12-13-21(19)29-3/h6-7,9,11-13,15-16H,5,8,10,14H2,1-4H3,(H,24,26). The molecule has 0 aliphatic rings. The fraction of sp³-hybridized carbons (Fsp3) is 0.409. The smallest absolute Gasteiger partial charge is 0.243 e. The number of hydrogen-bond donors (Lipinski definition) is 1. The quantitative estimate of drug-likeness (QED) is 0.509. The van der Waals surface area contributed by atoms with Crippen LogP contribution >= 0.6 is 11.6 Å². The molecule has 2 aromatic rings. The number of halogens is 1. The number of nitrogens with zero attached hydrogens (tertiary/aromatic N) is 1. The van der Waals surface area contributed by atoms with Crippen molar-refractivity contribution >= 4 is 33.2 Å². The molecule has 0 radical (unpaired) electrons. The van der Waals surface area contributed by atoms with E-state index < -0.39 is 22.0 Å². The second kappa shape index (κ2) is 11.2. The molecule has 0 saturated heterocycles. The first-order valence-corrected chi connectivity index (χ1v) is 12.2. The maximum atomic E-state index is 12.8. The number of amides is 1. The van der Waals surface area contributed by atoms with Crippen LogP contribution in [-0.4, -0.2) is 46.9 Å². The molecule has 7 nitrogen and oxygen atoms in total. The molecule has 0 saturated carbocycles. The Balaban J connectivity index is 2.07. The topological polar surface area (TPSA) is 84.9 Å². The Bertz CT molecular complexity index is 997. The second-order valence-corrected chi connectivity index (χ2v) is 9.28. The number of carbonyl (C=O) groups is 1. The van der Waals surface area contributed by atoms with Gasteiger partial charge in [0, 0.05) is 11.6 Å². The van der Waals surface area contributed by atoms with Crippen LogP contribution < -0.4 is 19.1 Å². The lowest BCUT2D eigenvalue weighted by molar-refractivity contribution is -0.121. The van der Waals surface area contributed by atoms with Crippen molar-refractivity contribution in [3.8, 4) is 11.5 Å². The van der Waals surface area contributed by atoms with E-state index in [4.69, 9.17) is 21.1 Å². The summed E-state index contributed by atoms with van der Waals surface area (Å²) in [5, 5.41) is 3.16. The highest BCUT2D eigenvalue weighted by Crippen LogP contribution is 2.34. The highest BCUT2D eigenvalue weighted by atomic mass is 35.5. The Labute approximate surface area is 189 Å². The molecule has 1 unspecified atom stereocenters. The maximum absolute atomic E-state index is 12.8. The summed E-state index contributed by atoms with van der Waals surface area (Å²) < 4.78 is 36.9. The molecule has 1 N–H and O–H groups in total. The lowest BCUT2D eigenvalue weighted by Crippen LogP contribution is -2.48. The molecule has 2 rings (SSSR count). The number of anilines is 1. The van der Waals surface area contributed by atoms with Gasteiger partial charge >= 0.3 is 0 Å². The largest absolute Gasteiger partial charge is 0.495 e. The zero-order valence-electron chi connectivity index (χ0n) is 18.2. The van der Waals surface area contributed by atoms with Gasteiger partial charge in [0.2, 0.25) is 15.9 Å². The summed E-state index contributed by atoms with van der Waals surface area (Å²) in [5.74, 6) is 0.730. The number of benzene rings is 2. The van der Waals surface area contributed by atoms with Crippen LogP contribution in [-0.2, 0) is 21.2 Å². The van der Waals surface area contributed by atoms with Gasteiger partial charge in [-0.15, -0.1) is 0 Å². The fourth-order valence-electron chi connectivity index (χ4n) is 3.26. The van der Waals surface area contributed by atoms with Gasteiger partial charge in [0.05, 0.1) is 25.7 Å². The van der Waals surface area contributed by atoms with Gasteiger partial charge in [-0.25, -0.2) is 8.42 Å². The van der Waals surface area contributed by atoms with Crippen molar-refractivity contribution in [1.29, 1.82) is 0 Å². The monoisotopic (exact) mass is 468 g/mol. The van der Waals surface area contributed by atoms with Gasteiger partial charge in [-0.1, -0.05) is 29.8 Å². The Morgan fingerprint density at radius 1 is 1.19 bits per heavy atom. The lowest BCUT2D eigenvalue weighted by Gasteiger charge is -2.29. The molecule has 9 heteroatoms. The van der Waals surface area contributed by atoms with Gasteiger partial charge in [0.15, 0.2) is 0 Å². The Morgan fingerprint density at radius 3 is 2.55 bits per heavy atom. The number of rotatable bonds is 11. The molecule has 2 aromatic carbocycles. The van der Waals surface area contributed by atoms with Crippen LogP contribution in [0.2, 0.25) is 5.02 Å². The molecular formula is C22H29ClN2O5S. The van der Waals surface area contributed by atoms with Gasteiger partial charge in [0.1, 0.15) is 17.5 Å². The van der Waals surface area contributed by atoms with E-state index >= 15 is 0 Å².